The van der Waals surface area contributed by atoms with E-state index in [1.807, 2.05) is 0 Å². The molecule has 0 saturated carbocycles. The van der Waals surface area contributed by atoms with Gasteiger partial charge >= 0.3 is 0 Å². The zero-order valence-electron chi connectivity index (χ0n) is 9.96. The molecule has 0 spiro atoms. The normalized spacial score (nSPS) is 10.7. The number of nitrogens with zero attached hydrogens (tertiary/aromatic N) is 2. The van der Waals surface area contributed by atoms with Gasteiger partial charge in [-0.3, -0.25) is 4.79 Å². The molecule has 0 aliphatic heterocycles. The number of nitrogens with one attached hydrogen (secondary N) is 1. The number of amides is 1. The van der Waals surface area contributed by atoms with Crippen molar-refractivity contribution in [2.45, 2.75) is 33.2 Å². The first kappa shape index (κ1) is 12.2. The molecule has 0 unspecified atom stereocenters. The fraction of sp³-hybridized carbons (Fsp3) is 0.417. The Morgan fingerprint density at radius 1 is 1.44 bits per heavy atom. The van der Waals surface area contributed by atoms with Crippen LogP contribution >= 0.6 is 0 Å². The Morgan fingerprint density at radius 2 is 2.06 bits per heavy atom. The Bertz CT molecular complexity index is 458. The van der Waals surface area contributed by atoms with Gasteiger partial charge in [-0.1, -0.05) is 5.92 Å². The van der Waals surface area contributed by atoms with Crippen LogP contribution in [0, 0.1) is 26.2 Å². The summed E-state index contributed by atoms with van der Waals surface area (Å²) in [6.07, 6.45) is 5.31. The predicted octanol–water partition coefficient (Wildman–Crippen LogP) is 1.24. The third-order valence-electron chi connectivity index (χ3n) is 2.13. The van der Waals surface area contributed by atoms with Gasteiger partial charge in [0.1, 0.15) is 0 Å². The van der Waals surface area contributed by atoms with Crippen molar-refractivity contribution in [3.8, 4) is 12.3 Å². The maximum atomic E-state index is 11.9. The minimum Gasteiger partial charge on any atom is -0.336 e. The van der Waals surface area contributed by atoms with Gasteiger partial charge in [0.05, 0.1) is 22.5 Å². The molecule has 1 aromatic rings. The molecule has 4 nitrogen and oxygen atoms in total. The molecule has 0 aliphatic rings. The van der Waals surface area contributed by atoms with E-state index in [4.69, 9.17) is 6.42 Å². The lowest BCUT2D eigenvalue weighted by atomic mass is 10.1. The largest absolute Gasteiger partial charge is 0.336 e. The highest BCUT2D eigenvalue weighted by Crippen LogP contribution is 2.08. The molecule has 4 heteroatoms. The average Bonchev–Trinajstić information content (AvgIpc) is 2.21. The summed E-state index contributed by atoms with van der Waals surface area (Å²) in [5.41, 5.74) is 1.14. The summed E-state index contributed by atoms with van der Waals surface area (Å²) in [7, 11) is 0. The van der Waals surface area contributed by atoms with Crippen molar-refractivity contribution in [3.05, 3.63) is 23.0 Å². The second kappa shape index (κ2) is 4.31. The quantitative estimate of drug-likeness (QED) is 0.758. The number of aromatic nitrogens is 2. The number of hydrogen-bond acceptors (Lipinski definition) is 3. The molecule has 1 heterocycles. The van der Waals surface area contributed by atoms with Crippen LogP contribution in [0.5, 0.6) is 0 Å². The highest BCUT2D eigenvalue weighted by Gasteiger charge is 2.19. The van der Waals surface area contributed by atoms with Crippen LogP contribution in [-0.4, -0.2) is 21.6 Å². The fourth-order valence-corrected chi connectivity index (χ4v) is 1.17. The smallest absolute Gasteiger partial charge is 0.254 e. The van der Waals surface area contributed by atoms with E-state index in [1.54, 1.807) is 33.8 Å². The summed E-state index contributed by atoms with van der Waals surface area (Å²) in [5.74, 6) is 2.28. The standard InChI is InChI=1S/C12H15N3O/c1-6-12(4,5)13-11(16)10-7-8(2)14-15-9(10)3/h1,7H,2-5H3,(H,13,16). The monoisotopic (exact) mass is 217 g/mol. The number of terminal acetylenes is 1. The fourth-order valence-electron chi connectivity index (χ4n) is 1.17. The molecule has 0 aromatic carbocycles. The Morgan fingerprint density at radius 3 is 2.62 bits per heavy atom. The van der Waals surface area contributed by atoms with Crippen LogP contribution in [-0.2, 0) is 0 Å². The molecular formula is C12H15N3O. The van der Waals surface area contributed by atoms with Crippen LogP contribution in [0.15, 0.2) is 6.07 Å². The molecular weight excluding hydrogens is 202 g/mol. The Balaban J connectivity index is 2.98. The lowest BCUT2D eigenvalue weighted by Crippen LogP contribution is -2.42. The number of hydrogen-bond donors (Lipinski definition) is 1. The second-order valence-corrected chi connectivity index (χ2v) is 4.21. The van der Waals surface area contributed by atoms with Crippen LogP contribution in [0.1, 0.15) is 35.6 Å². The van der Waals surface area contributed by atoms with Crippen molar-refractivity contribution in [2.75, 3.05) is 0 Å². The molecule has 0 aliphatic carbocycles. The van der Waals surface area contributed by atoms with E-state index >= 15 is 0 Å². The first-order chi connectivity index (χ1) is 7.35. The first-order valence-electron chi connectivity index (χ1n) is 4.97. The Kier molecular flexibility index (Phi) is 3.28. The van der Waals surface area contributed by atoms with E-state index < -0.39 is 5.54 Å². The highest BCUT2D eigenvalue weighted by atomic mass is 16.1. The van der Waals surface area contributed by atoms with Crippen LogP contribution in [0.25, 0.3) is 0 Å². The van der Waals surface area contributed by atoms with Gasteiger partial charge in [0.15, 0.2) is 0 Å². The van der Waals surface area contributed by atoms with Crippen molar-refractivity contribution in [1.82, 2.24) is 15.5 Å². The molecule has 0 radical (unpaired) electrons. The number of aryl methyl sites for hydroxylation is 2. The molecule has 0 fully saturated rings. The summed E-state index contributed by atoms with van der Waals surface area (Å²) in [4.78, 5) is 11.9. The molecule has 16 heavy (non-hydrogen) atoms. The Labute approximate surface area is 95.5 Å². The van der Waals surface area contributed by atoms with Crippen molar-refractivity contribution in [2.24, 2.45) is 0 Å². The van der Waals surface area contributed by atoms with Crippen LogP contribution in [0.2, 0.25) is 0 Å². The molecule has 1 rings (SSSR count). The van der Waals surface area contributed by atoms with Gasteiger partial charge in [-0.2, -0.15) is 10.2 Å². The van der Waals surface area contributed by atoms with Crippen molar-refractivity contribution >= 4 is 5.91 Å². The van der Waals surface area contributed by atoms with Crippen LogP contribution in [0.4, 0.5) is 0 Å². The van der Waals surface area contributed by atoms with Gasteiger partial charge in [0.25, 0.3) is 5.91 Å². The van der Waals surface area contributed by atoms with E-state index in [0.29, 0.717) is 17.0 Å². The topological polar surface area (TPSA) is 54.9 Å². The third kappa shape index (κ3) is 2.80. The molecule has 0 saturated heterocycles. The SMILES string of the molecule is C#CC(C)(C)NC(=O)c1cc(C)nnc1C. The highest BCUT2D eigenvalue weighted by molar-refractivity contribution is 5.95. The molecule has 0 atom stereocenters. The first-order valence-corrected chi connectivity index (χ1v) is 4.97. The van der Waals surface area contributed by atoms with Gasteiger partial charge in [-0.25, -0.2) is 0 Å². The van der Waals surface area contributed by atoms with E-state index in [9.17, 15) is 4.79 Å². The molecule has 1 amide bonds. The average molecular weight is 217 g/mol. The van der Waals surface area contributed by atoms with Gasteiger partial charge in [-0.15, -0.1) is 6.42 Å². The maximum Gasteiger partial charge on any atom is 0.254 e. The molecule has 1 aromatic heterocycles. The van der Waals surface area contributed by atoms with E-state index in [2.05, 4.69) is 21.4 Å². The minimum atomic E-state index is -0.666. The molecule has 84 valence electrons. The lowest BCUT2D eigenvalue weighted by molar-refractivity contribution is 0.0928. The van der Waals surface area contributed by atoms with Crippen LogP contribution in [0.3, 0.4) is 0 Å². The van der Waals surface area contributed by atoms with E-state index in [1.165, 1.54) is 0 Å². The van der Waals surface area contributed by atoms with Gasteiger partial charge in [0, 0.05) is 0 Å². The zero-order chi connectivity index (χ0) is 12.3. The van der Waals surface area contributed by atoms with Crippen molar-refractivity contribution < 1.29 is 4.79 Å². The summed E-state index contributed by atoms with van der Waals surface area (Å²) in [6.45, 7) is 7.06. The van der Waals surface area contributed by atoms with Crippen LogP contribution < -0.4 is 5.32 Å². The zero-order valence-corrected chi connectivity index (χ0v) is 9.96. The van der Waals surface area contributed by atoms with E-state index in [0.717, 1.165) is 0 Å². The summed E-state index contributed by atoms with van der Waals surface area (Å²) >= 11 is 0. The third-order valence-corrected chi connectivity index (χ3v) is 2.13. The molecule has 1 N–H and O–H groups in total. The van der Waals surface area contributed by atoms with Gasteiger partial charge in [0.2, 0.25) is 0 Å². The van der Waals surface area contributed by atoms with Crippen molar-refractivity contribution in [1.29, 1.82) is 0 Å². The maximum absolute atomic E-state index is 11.9. The predicted molar refractivity (Wildman–Crippen MR) is 61.9 cm³/mol. The Hall–Kier alpha value is -1.89. The summed E-state index contributed by atoms with van der Waals surface area (Å²) < 4.78 is 0. The molecule has 0 bridgehead atoms. The van der Waals surface area contributed by atoms with E-state index in [-0.39, 0.29) is 5.91 Å². The van der Waals surface area contributed by atoms with Gasteiger partial charge < -0.3 is 5.32 Å². The number of carbonyl (C=O) groups excluding carboxylic acids is 1. The van der Waals surface area contributed by atoms with Gasteiger partial charge in [-0.05, 0) is 33.8 Å². The van der Waals surface area contributed by atoms with Crippen molar-refractivity contribution in [3.63, 3.8) is 0 Å². The number of carbonyl (C=O) groups is 1. The second-order valence-electron chi connectivity index (χ2n) is 4.21. The summed E-state index contributed by atoms with van der Waals surface area (Å²) in [6, 6.07) is 1.70. The minimum absolute atomic E-state index is 0.224. The lowest BCUT2D eigenvalue weighted by Gasteiger charge is -2.19. The number of rotatable bonds is 2. The summed E-state index contributed by atoms with van der Waals surface area (Å²) in [5, 5.41) is 10.5.